The van der Waals surface area contributed by atoms with Crippen LogP contribution in [0.4, 0.5) is 0 Å². The third kappa shape index (κ3) is 5.47. The monoisotopic (exact) mass is 230 g/mol. The van der Waals surface area contributed by atoms with Crippen molar-refractivity contribution >= 4 is 5.91 Å². The number of aliphatic hydroxyl groups excluding tert-OH is 1. The predicted molar refractivity (Wildman–Crippen MR) is 66.3 cm³/mol. The lowest BCUT2D eigenvalue weighted by molar-refractivity contribution is -0.129. The molecule has 0 bridgehead atoms. The summed E-state index contributed by atoms with van der Waals surface area (Å²) in [5, 5.41) is 12.7. The van der Waals surface area contributed by atoms with E-state index >= 15 is 0 Å². The van der Waals surface area contributed by atoms with Crippen LogP contribution in [0.3, 0.4) is 0 Å². The lowest BCUT2D eigenvalue weighted by Gasteiger charge is -2.32. The van der Waals surface area contributed by atoms with Gasteiger partial charge in [0, 0.05) is 32.1 Å². The zero-order valence-electron chi connectivity index (χ0n) is 11.2. The molecule has 0 radical (unpaired) electrons. The Balaban J connectivity index is 4.20. The van der Waals surface area contributed by atoms with E-state index in [1.54, 1.807) is 19.0 Å². The maximum Gasteiger partial charge on any atom is 0.223 e. The van der Waals surface area contributed by atoms with E-state index in [0.717, 1.165) is 12.8 Å². The van der Waals surface area contributed by atoms with Gasteiger partial charge in [0.05, 0.1) is 6.61 Å². The van der Waals surface area contributed by atoms with Crippen LogP contribution in [0.5, 0.6) is 0 Å². The first kappa shape index (κ1) is 15.4. The molecule has 96 valence electrons. The summed E-state index contributed by atoms with van der Waals surface area (Å²) < 4.78 is 0. The summed E-state index contributed by atoms with van der Waals surface area (Å²) in [6.45, 7) is 6.16. The normalized spacial score (nSPS) is 16.6. The van der Waals surface area contributed by atoms with Crippen LogP contribution in [0.1, 0.15) is 40.0 Å². The van der Waals surface area contributed by atoms with Gasteiger partial charge in [-0.2, -0.15) is 0 Å². The smallest absolute Gasteiger partial charge is 0.223 e. The van der Waals surface area contributed by atoms with Gasteiger partial charge in [-0.15, -0.1) is 0 Å². The Morgan fingerprint density at radius 2 is 2.06 bits per heavy atom. The summed E-state index contributed by atoms with van der Waals surface area (Å²) in [5.74, 6) is 0.108. The van der Waals surface area contributed by atoms with E-state index in [-0.39, 0.29) is 24.1 Å². The highest BCUT2D eigenvalue weighted by Crippen LogP contribution is 2.13. The maximum atomic E-state index is 11.5. The molecule has 0 aromatic heterocycles. The van der Waals surface area contributed by atoms with Crippen molar-refractivity contribution in [3.8, 4) is 0 Å². The number of nitrogens with one attached hydrogen (secondary N) is 1. The van der Waals surface area contributed by atoms with E-state index in [1.165, 1.54) is 0 Å². The van der Waals surface area contributed by atoms with Crippen molar-refractivity contribution in [2.75, 3.05) is 20.7 Å². The molecule has 4 heteroatoms. The zero-order valence-corrected chi connectivity index (χ0v) is 11.2. The topological polar surface area (TPSA) is 52.6 Å². The lowest BCUT2D eigenvalue weighted by Crippen LogP contribution is -2.50. The van der Waals surface area contributed by atoms with Gasteiger partial charge < -0.3 is 15.3 Å². The molecular weight excluding hydrogens is 204 g/mol. The van der Waals surface area contributed by atoms with Crippen LogP contribution >= 0.6 is 0 Å². The van der Waals surface area contributed by atoms with Crippen molar-refractivity contribution < 1.29 is 9.90 Å². The van der Waals surface area contributed by atoms with Gasteiger partial charge in [-0.1, -0.05) is 13.3 Å². The number of rotatable bonds is 7. The Hall–Kier alpha value is -0.610. The Morgan fingerprint density at radius 3 is 2.44 bits per heavy atom. The van der Waals surface area contributed by atoms with Crippen LogP contribution in [0.25, 0.3) is 0 Å². The number of carbonyl (C=O) groups is 1. The molecule has 0 heterocycles. The van der Waals surface area contributed by atoms with Gasteiger partial charge in [-0.3, -0.25) is 4.79 Å². The highest BCUT2D eigenvalue weighted by molar-refractivity contribution is 5.76. The first-order valence-corrected chi connectivity index (χ1v) is 5.93. The Kier molecular flexibility index (Phi) is 6.60. The standard InChI is InChI=1S/C12H26N2O2/c1-6-7-12(3,9-15)13-10(2)8-11(16)14(4)5/h10,13,15H,6-9H2,1-5H3. The first-order valence-electron chi connectivity index (χ1n) is 5.93. The third-order valence-corrected chi connectivity index (χ3v) is 2.73. The molecule has 0 aliphatic heterocycles. The largest absolute Gasteiger partial charge is 0.394 e. The van der Waals surface area contributed by atoms with Gasteiger partial charge in [0.15, 0.2) is 0 Å². The molecule has 2 N–H and O–H groups in total. The van der Waals surface area contributed by atoms with Crippen molar-refractivity contribution in [2.24, 2.45) is 0 Å². The minimum absolute atomic E-state index is 0.0820. The molecule has 0 saturated heterocycles. The summed E-state index contributed by atoms with van der Waals surface area (Å²) in [6.07, 6.45) is 2.38. The zero-order chi connectivity index (χ0) is 12.8. The summed E-state index contributed by atoms with van der Waals surface area (Å²) >= 11 is 0. The molecule has 1 amide bonds. The van der Waals surface area contributed by atoms with Crippen LogP contribution in [-0.4, -0.2) is 48.2 Å². The second kappa shape index (κ2) is 6.86. The van der Waals surface area contributed by atoms with E-state index in [0.29, 0.717) is 6.42 Å². The summed E-state index contributed by atoms with van der Waals surface area (Å²) in [4.78, 5) is 13.1. The van der Waals surface area contributed by atoms with E-state index in [9.17, 15) is 9.90 Å². The molecule has 0 rings (SSSR count). The van der Waals surface area contributed by atoms with Crippen molar-refractivity contribution in [1.29, 1.82) is 0 Å². The van der Waals surface area contributed by atoms with Crippen LogP contribution < -0.4 is 5.32 Å². The van der Waals surface area contributed by atoms with Gasteiger partial charge in [0.1, 0.15) is 0 Å². The van der Waals surface area contributed by atoms with Crippen molar-refractivity contribution in [3.05, 3.63) is 0 Å². The fourth-order valence-electron chi connectivity index (χ4n) is 1.84. The molecule has 4 nitrogen and oxygen atoms in total. The molecule has 2 unspecified atom stereocenters. The van der Waals surface area contributed by atoms with Crippen LogP contribution in [0.15, 0.2) is 0 Å². The SMILES string of the molecule is CCCC(C)(CO)NC(C)CC(=O)N(C)C. The number of carbonyl (C=O) groups excluding carboxylic acids is 1. The second-order valence-electron chi connectivity index (χ2n) is 5.01. The fraction of sp³-hybridized carbons (Fsp3) is 0.917. The minimum Gasteiger partial charge on any atom is -0.394 e. The van der Waals surface area contributed by atoms with E-state index in [4.69, 9.17) is 0 Å². The van der Waals surface area contributed by atoms with Gasteiger partial charge in [0.2, 0.25) is 5.91 Å². The van der Waals surface area contributed by atoms with Gasteiger partial charge >= 0.3 is 0 Å². The summed E-state index contributed by atoms with van der Waals surface area (Å²) in [7, 11) is 3.51. The molecular formula is C12H26N2O2. The van der Waals surface area contributed by atoms with Crippen molar-refractivity contribution in [2.45, 2.75) is 51.6 Å². The Bertz CT molecular complexity index is 219. The molecule has 0 aromatic rings. The quantitative estimate of drug-likeness (QED) is 0.686. The predicted octanol–water partition coefficient (Wildman–Crippen LogP) is 0.994. The molecule has 0 aliphatic rings. The van der Waals surface area contributed by atoms with Crippen molar-refractivity contribution in [3.63, 3.8) is 0 Å². The Labute approximate surface area is 99.0 Å². The van der Waals surface area contributed by atoms with Crippen molar-refractivity contribution in [1.82, 2.24) is 10.2 Å². The van der Waals surface area contributed by atoms with E-state index in [2.05, 4.69) is 12.2 Å². The van der Waals surface area contributed by atoms with Gasteiger partial charge in [0.25, 0.3) is 0 Å². The lowest BCUT2D eigenvalue weighted by atomic mass is 9.95. The molecule has 0 saturated carbocycles. The number of hydrogen-bond acceptors (Lipinski definition) is 3. The fourth-order valence-corrected chi connectivity index (χ4v) is 1.84. The molecule has 16 heavy (non-hydrogen) atoms. The number of aliphatic hydroxyl groups is 1. The van der Waals surface area contributed by atoms with Gasteiger partial charge in [-0.25, -0.2) is 0 Å². The number of nitrogens with zero attached hydrogens (tertiary/aromatic N) is 1. The average molecular weight is 230 g/mol. The second-order valence-corrected chi connectivity index (χ2v) is 5.01. The highest BCUT2D eigenvalue weighted by Gasteiger charge is 2.24. The molecule has 0 aromatic carbocycles. The van der Waals surface area contributed by atoms with Crippen LogP contribution in [0.2, 0.25) is 0 Å². The Morgan fingerprint density at radius 1 is 1.50 bits per heavy atom. The number of hydrogen-bond donors (Lipinski definition) is 2. The minimum atomic E-state index is -0.277. The third-order valence-electron chi connectivity index (χ3n) is 2.73. The van der Waals surface area contributed by atoms with E-state index in [1.807, 2.05) is 13.8 Å². The molecule has 0 spiro atoms. The summed E-state index contributed by atoms with van der Waals surface area (Å²) in [6, 6.07) is 0.0820. The average Bonchev–Trinajstić information content (AvgIpc) is 2.17. The van der Waals surface area contributed by atoms with Crippen LogP contribution in [-0.2, 0) is 4.79 Å². The van der Waals surface area contributed by atoms with Gasteiger partial charge in [-0.05, 0) is 20.3 Å². The number of amides is 1. The highest BCUT2D eigenvalue weighted by atomic mass is 16.3. The summed E-state index contributed by atoms with van der Waals surface area (Å²) in [5.41, 5.74) is -0.277. The van der Waals surface area contributed by atoms with E-state index < -0.39 is 0 Å². The molecule has 2 atom stereocenters. The first-order chi connectivity index (χ1) is 7.34. The molecule has 0 aliphatic carbocycles. The maximum absolute atomic E-state index is 11.5. The molecule has 0 fully saturated rings. The van der Waals surface area contributed by atoms with Crippen LogP contribution in [0, 0.1) is 0 Å².